The van der Waals surface area contributed by atoms with Crippen molar-refractivity contribution < 1.29 is 18.8 Å². The van der Waals surface area contributed by atoms with Crippen LogP contribution in [-0.4, -0.2) is 17.0 Å². The molecule has 0 unspecified atom stereocenters. The molecule has 144 valence electrons. The van der Waals surface area contributed by atoms with Crippen molar-refractivity contribution in [2.24, 2.45) is 0 Å². The van der Waals surface area contributed by atoms with Crippen LogP contribution in [0.15, 0.2) is 64.7 Å². The van der Waals surface area contributed by atoms with Crippen molar-refractivity contribution in [3.8, 4) is 11.8 Å². The Morgan fingerprint density at radius 2 is 1.90 bits per heavy atom. The average Bonchev–Trinajstić information content (AvgIpc) is 3.11. The number of esters is 1. The standard InChI is InChI=1S/C22H17N3O4/c1-14-4-3-5-17(10-14)22(27)28-19-8-6-16(7-9-19)12-18(13-23)21(26)24-20-11-15(2)29-25-20/h3-12H,1-2H3,(H,24,25,26)/b18-12-. The Labute approximate surface area is 167 Å². The second-order valence-electron chi connectivity index (χ2n) is 6.27. The Hall–Kier alpha value is -4.18. The topological polar surface area (TPSA) is 105 Å². The molecule has 0 saturated carbocycles. The molecular weight excluding hydrogens is 370 g/mol. The number of anilines is 1. The number of benzene rings is 2. The fourth-order valence-electron chi connectivity index (χ4n) is 2.49. The van der Waals surface area contributed by atoms with Gasteiger partial charge in [0, 0.05) is 6.07 Å². The number of hydrogen-bond donors (Lipinski definition) is 1. The van der Waals surface area contributed by atoms with Gasteiger partial charge in [0.15, 0.2) is 5.82 Å². The first-order chi connectivity index (χ1) is 13.9. The predicted octanol–water partition coefficient (Wildman–Crippen LogP) is 4.06. The van der Waals surface area contributed by atoms with Crippen LogP contribution in [0, 0.1) is 25.2 Å². The van der Waals surface area contributed by atoms with Crippen molar-refractivity contribution in [3.63, 3.8) is 0 Å². The monoisotopic (exact) mass is 387 g/mol. The molecule has 1 amide bonds. The lowest BCUT2D eigenvalue weighted by Crippen LogP contribution is -2.13. The minimum absolute atomic E-state index is 0.102. The highest BCUT2D eigenvalue weighted by Crippen LogP contribution is 2.17. The second kappa shape index (κ2) is 8.67. The summed E-state index contributed by atoms with van der Waals surface area (Å²) in [6, 6.07) is 17.0. The zero-order chi connectivity index (χ0) is 20.8. The molecule has 2 aromatic carbocycles. The number of aryl methyl sites for hydroxylation is 2. The maximum atomic E-state index is 12.2. The number of rotatable bonds is 5. The summed E-state index contributed by atoms with van der Waals surface area (Å²) in [6.45, 7) is 3.58. The third kappa shape index (κ3) is 5.17. The van der Waals surface area contributed by atoms with Crippen LogP contribution in [0.1, 0.15) is 27.2 Å². The van der Waals surface area contributed by atoms with Gasteiger partial charge in [-0.2, -0.15) is 5.26 Å². The van der Waals surface area contributed by atoms with Crippen LogP contribution >= 0.6 is 0 Å². The first-order valence-electron chi connectivity index (χ1n) is 8.70. The molecule has 1 N–H and O–H groups in total. The Bertz CT molecular complexity index is 1120. The highest BCUT2D eigenvalue weighted by Gasteiger charge is 2.12. The van der Waals surface area contributed by atoms with Gasteiger partial charge in [-0.1, -0.05) is 35.0 Å². The molecule has 29 heavy (non-hydrogen) atoms. The fourth-order valence-corrected chi connectivity index (χ4v) is 2.49. The van der Waals surface area contributed by atoms with E-state index in [0.29, 0.717) is 22.6 Å². The van der Waals surface area contributed by atoms with Crippen molar-refractivity contribution in [3.05, 3.63) is 82.6 Å². The zero-order valence-corrected chi connectivity index (χ0v) is 15.8. The summed E-state index contributed by atoms with van der Waals surface area (Å²) >= 11 is 0. The third-order valence-corrected chi connectivity index (χ3v) is 3.89. The van der Waals surface area contributed by atoms with E-state index in [1.807, 2.05) is 19.1 Å². The summed E-state index contributed by atoms with van der Waals surface area (Å²) in [5.41, 5.74) is 1.92. The first kappa shape index (κ1) is 19.6. The first-order valence-corrected chi connectivity index (χ1v) is 8.70. The van der Waals surface area contributed by atoms with Gasteiger partial charge in [-0.3, -0.25) is 4.79 Å². The van der Waals surface area contributed by atoms with E-state index >= 15 is 0 Å². The number of nitrogens with zero attached hydrogens (tertiary/aromatic N) is 2. The molecule has 0 aliphatic heterocycles. The number of ether oxygens (including phenoxy) is 1. The van der Waals surface area contributed by atoms with Crippen molar-refractivity contribution in [2.75, 3.05) is 5.32 Å². The van der Waals surface area contributed by atoms with Gasteiger partial charge in [0.2, 0.25) is 0 Å². The van der Waals surface area contributed by atoms with E-state index < -0.39 is 11.9 Å². The van der Waals surface area contributed by atoms with Crippen LogP contribution in [0.5, 0.6) is 5.75 Å². The summed E-state index contributed by atoms with van der Waals surface area (Å²) in [4.78, 5) is 24.4. The molecule has 0 atom stereocenters. The lowest BCUT2D eigenvalue weighted by atomic mass is 10.1. The summed E-state index contributed by atoms with van der Waals surface area (Å²) in [5, 5.41) is 15.4. The Morgan fingerprint density at radius 3 is 2.52 bits per heavy atom. The SMILES string of the molecule is Cc1cccc(C(=O)Oc2ccc(/C=C(/C#N)C(=O)Nc3cc(C)on3)cc2)c1. The molecule has 1 heterocycles. The molecule has 3 rings (SSSR count). The number of nitrogens with one attached hydrogen (secondary N) is 1. The quantitative estimate of drug-likeness (QED) is 0.306. The molecule has 7 nitrogen and oxygen atoms in total. The molecule has 0 saturated heterocycles. The Morgan fingerprint density at radius 1 is 1.14 bits per heavy atom. The van der Waals surface area contributed by atoms with E-state index in [-0.39, 0.29) is 11.4 Å². The van der Waals surface area contributed by atoms with Crippen molar-refractivity contribution in [2.45, 2.75) is 13.8 Å². The number of hydrogen-bond acceptors (Lipinski definition) is 6. The molecule has 0 radical (unpaired) electrons. The maximum absolute atomic E-state index is 12.2. The van der Waals surface area contributed by atoms with Crippen molar-refractivity contribution in [1.29, 1.82) is 5.26 Å². The van der Waals surface area contributed by atoms with Gasteiger partial charge in [-0.25, -0.2) is 4.79 Å². The molecule has 0 spiro atoms. The lowest BCUT2D eigenvalue weighted by Gasteiger charge is -2.05. The van der Waals surface area contributed by atoms with Crippen LogP contribution in [0.3, 0.4) is 0 Å². The predicted molar refractivity (Wildman–Crippen MR) is 106 cm³/mol. The van der Waals surface area contributed by atoms with E-state index in [9.17, 15) is 14.9 Å². The molecule has 0 bridgehead atoms. The van der Waals surface area contributed by atoms with Crippen LogP contribution in [0.25, 0.3) is 6.08 Å². The summed E-state index contributed by atoms with van der Waals surface area (Å²) in [6.07, 6.45) is 1.43. The minimum Gasteiger partial charge on any atom is -0.423 e. The average molecular weight is 387 g/mol. The Kier molecular flexibility index (Phi) is 5.85. The van der Waals surface area contributed by atoms with Crippen LogP contribution in [-0.2, 0) is 4.79 Å². The van der Waals surface area contributed by atoms with E-state index in [1.54, 1.807) is 55.5 Å². The molecule has 7 heteroatoms. The largest absolute Gasteiger partial charge is 0.423 e. The van der Waals surface area contributed by atoms with E-state index in [0.717, 1.165) is 5.56 Å². The van der Waals surface area contributed by atoms with E-state index in [4.69, 9.17) is 9.26 Å². The molecule has 1 aromatic heterocycles. The van der Waals surface area contributed by atoms with Crippen LogP contribution in [0.4, 0.5) is 5.82 Å². The molecule has 0 aliphatic carbocycles. The summed E-state index contributed by atoms with van der Waals surface area (Å²) in [7, 11) is 0. The van der Waals surface area contributed by atoms with Gasteiger partial charge in [0.05, 0.1) is 5.56 Å². The zero-order valence-electron chi connectivity index (χ0n) is 15.8. The van der Waals surface area contributed by atoms with Gasteiger partial charge in [0.1, 0.15) is 23.2 Å². The molecule has 0 fully saturated rings. The van der Waals surface area contributed by atoms with Crippen molar-refractivity contribution in [1.82, 2.24) is 5.16 Å². The molecular formula is C22H17N3O4. The smallest absolute Gasteiger partial charge is 0.343 e. The van der Waals surface area contributed by atoms with E-state index in [1.165, 1.54) is 6.08 Å². The number of amides is 1. The van der Waals surface area contributed by atoms with Gasteiger partial charge >= 0.3 is 5.97 Å². The number of carbonyl (C=O) groups is 2. The number of nitriles is 1. The highest BCUT2D eigenvalue weighted by atomic mass is 16.5. The third-order valence-electron chi connectivity index (χ3n) is 3.89. The van der Waals surface area contributed by atoms with E-state index in [2.05, 4.69) is 10.5 Å². The van der Waals surface area contributed by atoms with Gasteiger partial charge in [-0.05, 0) is 49.8 Å². The van der Waals surface area contributed by atoms with Gasteiger partial charge in [-0.15, -0.1) is 0 Å². The van der Waals surface area contributed by atoms with Gasteiger partial charge < -0.3 is 14.6 Å². The normalized spacial score (nSPS) is 10.9. The molecule has 3 aromatic rings. The minimum atomic E-state index is -0.601. The molecule has 0 aliphatic rings. The highest BCUT2D eigenvalue weighted by molar-refractivity contribution is 6.09. The second-order valence-corrected chi connectivity index (χ2v) is 6.27. The Balaban J connectivity index is 1.69. The van der Waals surface area contributed by atoms with Crippen LogP contribution < -0.4 is 10.1 Å². The number of aromatic nitrogens is 1. The van der Waals surface area contributed by atoms with Crippen LogP contribution in [0.2, 0.25) is 0 Å². The maximum Gasteiger partial charge on any atom is 0.343 e. The summed E-state index contributed by atoms with van der Waals surface area (Å²) in [5.74, 6) is 0.0630. The summed E-state index contributed by atoms with van der Waals surface area (Å²) < 4.78 is 10.2. The number of carbonyl (C=O) groups excluding carboxylic acids is 2. The van der Waals surface area contributed by atoms with Gasteiger partial charge in [0.25, 0.3) is 5.91 Å². The fraction of sp³-hybridized carbons (Fsp3) is 0.0909. The van der Waals surface area contributed by atoms with Crippen molar-refractivity contribution >= 4 is 23.8 Å². The lowest BCUT2D eigenvalue weighted by molar-refractivity contribution is -0.112.